The van der Waals surface area contributed by atoms with Crippen molar-refractivity contribution in [2.45, 2.75) is 136 Å². The molecule has 0 aliphatic heterocycles. The number of carboxylic acids is 3. The van der Waals surface area contributed by atoms with Crippen LogP contribution in [0.15, 0.2) is 0 Å². The SMILES string of the molecule is CCCCP(=O)(O)C(CC)CC(=O)[O-].CCCCP(=O)(O)C(CC)CC(=O)[O-].CCCCP(=O)(O)C(CC)CC(=O)[O-].[Al+3]. The van der Waals surface area contributed by atoms with E-state index in [1.54, 1.807) is 20.8 Å². The van der Waals surface area contributed by atoms with E-state index in [1.807, 2.05) is 20.8 Å². The van der Waals surface area contributed by atoms with Crippen molar-refractivity contribution >= 4 is 57.4 Å². The molecule has 16 heteroatoms. The van der Waals surface area contributed by atoms with Gasteiger partial charge in [-0.1, -0.05) is 60.8 Å². The first-order chi connectivity index (χ1) is 19.3. The fourth-order valence-corrected chi connectivity index (χ4v) is 10.4. The van der Waals surface area contributed by atoms with E-state index in [2.05, 4.69) is 0 Å². The second kappa shape index (κ2) is 26.7. The third kappa shape index (κ3) is 25.4. The largest absolute Gasteiger partial charge is 3.00 e. The molecule has 6 unspecified atom stereocenters. The van der Waals surface area contributed by atoms with E-state index >= 15 is 0 Å². The van der Waals surface area contributed by atoms with Crippen LogP contribution in [-0.4, -0.2) is 85.4 Å². The van der Waals surface area contributed by atoms with E-state index < -0.39 is 57.0 Å². The van der Waals surface area contributed by atoms with E-state index in [4.69, 9.17) is 0 Å². The molecule has 0 heterocycles. The fourth-order valence-electron chi connectivity index (χ4n) is 4.00. The smallest absolute Gasteiger partial charge is 0.550 e. The van der Waals surface area contributed by atoms with Gasteiger partial charge in [0.1, 0.15) is 0 Å². The molecule has 3 N–H and O–H groups in total. The summed E-state index contributed by atoms with van der Waals surface area (Å²) in [6, 6.07) is 0. The fraction of sp³-hybridized carbons (Fsp3) is 0.889. The minimum atomic E-state index is -3.29. The monoisotopic (exact) mass is 690 g/mol. The molecule has 0 saturated heterocycles. The second-order valence-corrected chi connectivity index (χ2v) is 18.5. The summed E-state index contributed by atoms with van der Waals surface area (Å²) in [6.45, 7) is 11.0. The predicted octanol–water partition coefficient (Wildman–Crippen LogP) is 2.55. The molecule has 0 amide bonds. The van der Waals surface area contributed by atoms with E-state index in [0.29, 0.717) is 38.5 Å². The van der Waals surface area contributed by atoms with Crippen molar-refractivity contribution in [3.63, 3.8) is 0 Å². The summed E-state index contributed by atoms with van der Waals surface area (Å²) in [5.74, 6) is -3.74. The van der Waals surface area contributed by atoms with Crippen LogP contribution in [0, 0.1) is 0 Å². The second-order valence-electron chi connectivity index (χ2n) is 10.4. The molecular formula is C27H54AlO12P3. The van der Waals surface area contributed by atoms with Gasteiger partial charge in [0.05, 0.1) is 0 Å². The zero-order chi connectivity index (χ0) is 33.6. The van der Waals surface area contributed by atoms with Crippen LogP contribution in [0.2, 0.25) is 0 Å². The van der Waals surface area contributed by atoms with Crippen LogP contribution in [-0.2, 0) is 28.1 Å². The maximum Gasteiger partial charge on any atom is 3.00 e. The van der Waals surface area contributed by atoms with Crippen molar-refractivity contribution in [1.82, 2.24) is 0 Å². The summed E-state index contributed by atoms with van der Waals surface area (Å²) < 4.78 is 35.1. The third-order valence-electron chi connectivity index (χ3n) is 6.83. The molecule has 0 bridgehead atoms. The van der Waals surface area contributed by atoms with Crippen molar-refractivity contribution < 1.29 is 58.1 Å². The number of rotatable bonds is 21. The number of unbranched alkanes of at least 4 members (excludes halogenated alkanes) is 3. The molecule has 0 aliphatic carbocycles. The molecule has 12 nitrogen and oxygen atoms in total. The van der Waals surface area contributed by atoms with Gasteiger partial charge in [-0.05, 0) is 57.8 Å². The van der Waals surface area contributed by atoms with E-state index in [-0.39, 0.29) is 55.1 Å². The molecule has 0 fully saturated rings. The van der Waals surface area contributed by atoms with Gasteiger partial charge in [0.2, 0.25) is 22.1 Å². The van der Waals surface area contributed by atoms with Crippen LogP contribution < -0.4 is 15.3 Å². The number of aliphatic carboxylic acids is 3. The topological polar surface area (TPSA) is 232 Å². The standard InChI is InChI=1S/3C9H19O4P.Al/c3*1-3-5-6-14(12,13)8(4-2)7-9(10)11;/h3*8H,3-7H2,1-2H3,(H,10,11)(H,12,13);/q;;;+3/p-3. The predicted molar refractivity (Wildman–Crippen MR) is 166 cm³/mol. The summed E-state index contributed by atoms with van der Waals surface area (Å²) in [5.41, 5.74) is -1.92. The normalized spacial score (nSPS) is 17.0. The van der Waals surface area contributed by atoms with Gasteiger partial charge in [0.25, 0.3) is 0 Å². The average Bonchev–Trinajstić information content (AvgIpc) is 2.90. The molecule has 252 valence electrons. The number of carbonyl (C=O) groups is 3. The summed E-state index contributed by atoms with van der Waals surface area (Å²) in [5, 5.41) is 31.0. The van der Waals surface area contributed by atoms with Gasteiger partial charge in [0, 0.05) is 53.4 Å². The minimum absolute atomic E-state index is 0. The first-order valence-corrected chi connectivity index (χ1v) is 20.6. The molecule has 0 saturated carbocycles. The van der Waals surface area contributed by atoms with Gasteiger partial charge in [0.15, 0.2) is 0 Å². The molecule has 0 spiro atoms. The van der Waals surface area contributed by atoms with E-state index in [0.717, 1.165) is 19.3 Å². The molecule has 0 aromatic heterocycles. The van der Waals surface area contributed by atoms with Crippen molar-refractivity contribution in [3.8, 4) is 0 Å². The Bertz CT molecular complexity index is 802. The van der Waals surface area contributed by atoms with Crippen molar-refractivity contribution in [2.75, 3.05) is 18.5 Å². The molecule has 6 atom stereocenters. The van der Waals surface area contributed by atoms with E-state index in [1.165, 1.54) is 0 Å². The zero-order valence-corrected chi connectivity index (χ0v) is 30.6. The molecule has 0 aliphatic rings. The number of hydrogen-bond donors (Lipinski definition) is 3. The Hall–Kier alpha value is -0.488. The summed E-state index contributed by atoms with van der Waals surface area (Å²) in [4.78, 5) is 59.9. The first-order valence-electron chi connectivity index (χ1n) is 14.8. The first kappa shape index (κ1) is 49.4. The molecule has 0 radical (unpaired) electrons. The van der Waals surface area contributed by atoms with Crippen molar-refractivity contribution in [3.05, 3.63) is 0 Å². The molecule has 0 aromatic carbocycles. The number of carboxylic acid groups (broad SMARTS) is 3. The van der Waals surface area contributed by atoms with E-state index in [9.17, 15) is 58.1 Å². The van der Waals surface area contributed by atoms with Gasteiger partial charge in [-0.2, -0.15) is 0 Å². The van der Waals surface area contributed by atoms with Crippen LogP contribution in [0.1, 0.15) is 119 Å². The van der Waals surface area contributed by atoms with Gasteiger partial charge >= 0.3 is 17.4 Å². The van der Waals surface area contributed by atoms with Crippen molar-refractivity contribution in [2.24, 2.45) is 0 Å². The Labute approximate surface area is 268 Å². The quantitative estimate of drug-likeness (QED) is 0.117. The third-order valence-corrected chi connectivity index (χ3v) is 14.8. The van der Waals surface area contributed by atoms with Crippen molar-refractivity contribution in [1.29, 1.82) is 0 Å². The molecular weight excluding hydrogens is 636 g/mol. The molecule has 0 rings (SSSR count). The summed E-state index contributed by atoms with van der Waals surface area (Å²) in [6.07, 6.45) is 5.45. The van der Waals surface area contributed by atoms with Crippen LogP contribution in [0.4, 0.5) is 0 Å². The maximum absolute atomic E-state index is 11.7. The minimum Gasteiger partial charge on any atom is -0.550 e. The summed E-state index contributed by atoms with van der Waals surface area (Å²) in [7, 11) is -9.88. The van der Waals surface area contributed by atoms with Crippen LogP contribution in [0.5, 0.6) is 0 Å². The Balaban J connectivity index is -0.000000262. The summed E-state index contributed by atoms with van der Waals surface area (Å²) >= 11 is 0. The Kier molecular flexibility index (Phi) is 30.7. The molecule has 43 heavy (non-hydrogen) atoms. The number of hydrogen-bond acceptors (Lipinski definition) is 9. The zero-order valence-electron chi connectivity index (χ0n) is 26.8. The Morgan fingerprint density at radius 2 is 0.698 bits per heavy atom. The Morgan fingerprint density at radius 1 is 0.512 bits per heavy atom. The van der Waals surface area contributed by atoms with Gasteiger partial charge < -0.3 is 44.4 Å². The Morgan fingerprint density at radius 3 is 0.814 bits per heavy atom. The van der Waals surface area contributed by atoms with Crippen LogP contribution in [0.25, 0.3) is 0 Å². The van der Waals surface area contributed by atoms with Gasteiger partial charge in [-0.3, -0.25) is 13.7 Å². The molecule has 0 aromatic rings. The maximum atomic E-state index is 11.7. The average molecular weight is 691 g/mol. The van der Waals surface area contributed by atoms with Crippen LogP contribution >= 0.6 is 22.1 Å². The van der Waals surface area contributed by atoms with Gasteiger partial charge in [-0.15, -0.1) is 0 Å². The van der Waals surface area contributed by atoms with Crippen LogP contribution in [0.3, 0.4) is 0 Å². The van der Waals surface area contributed by atoms with Gasteiger partial charge in [-0.25, -0.2) is 0 Å². The number of carbonyl (C=O) groups excluding carboxylic acids is 3.